The number of nitrogens with one attached hydrogen (secondary N) is 1. The highest BCUT2D eigenvalue weighted by Crippen LogP contribution is 2.22. The molecule has 0 saturated carbocycles. The van der Waals surface area contributed by atoms with Gasteiger partial charge in [-0.3, -0.25) is 9.59 Å². The number of carbonyl (C=O) groups excluding carboxylic acids is 1. The van der Waals surface area contributed by atoms with Gasteiger partial charge in [-0.25, -0.2) is 4.98 Å². The molecule has 0 aliphatic heterocycles. The van der Waals surface area contributed by atoms with Crippen molar-refractivity contribution in [3.63, 3.8) is 0 Å². The van der Waals surface area contributed by atoms with Gasteiger partial charge in [0.15, 0.2) is 0 Å². The molecule has 100 valence electrons. The largest absolute Gasteiger partial charge is 0.480 e. The molecular weight excluding hydrogens is 264 g/mol. The first kappa shape index (κ1) is 13.5. The fourth-order valence-corrected chi connectivity index (χ4v) is 2.70. The number of amides is 1. The summed E-state index contributed by atoms with van der Waals surface area (Å²) in [4.78, 5) is 26.1. The second-order valence-corrected chi connectivity index (χ2v) is 5.21. The van der Waals surface area contributed by atoms with E-state index in [1.165, 1.54) is 0 Å². The third-order valence-electron chi connectivity index (χ3n) is 2.57. The molecule has 19 heavy (non-hydrogen) atoms. The maximum absolute atomic E-state index is 11.3. The second-order valence-electron chi connectivity index (χ2n) is 4.10. The summed E-state index contributed by atoms with van der Waals surface area (Å²) in [6.45, 7) is -0.319. The van der Waals surface area contributed by atoms with Crippen LogP contribution in [-0.4, -0.2) is 28.5 Å². The van der Waals surface area contributed by atoms with Crippen LogP contribution in [0, 0.1) is 0 Å². The lowest BCUT2D eigenvalue weighted by Gasteiger charge is -2.00. The fourth-order valence-electron chi connectivity index (χ4n) is 1.69. The third kappa shape index (κ3) is 4.03. The van der Waals surface area contributed by atoms with Crippen molar-refractivity contribution < 1.29 is 14.7 Å². The van der Waals surface area contributed by atoms with Crippen LogP contribution in [0.25, 0.3) is 10.2 Å². The summed E-state index contributed by atoms with van der Waals surface area (Å²) in [6, 6.07) is 7.92. The Bertz CT molecular complexity index is 561. The quantitative estimate of drug-likeness (QED) is 0.844. The molecule has 0 aliphatic carbocycles. The number of thiazole rings is 1. The summed E-state index contributed by atoms with van der Waals surface area (Å²) >= 11 is 1.63. The van der Waals surface area contributed by atoms with Gasteiger partial charge < -0.3 is 10.4 Å². The molecule has 0 unspecified atom stereocenters. The minimum atomic E-state index is -1.03. The average molecular weight is 278 g/mol. The average Bonchev–Trinajstić information content (AvgIpc) is 2.79. The van der Waals surface area contributed by atoms with Crippen LogP contribution in [0.2, 0.25) is 0 Å². The standard InChI is InChI=1S/C13H14N2O3S/c16-11(14-8-13(17)18)6-3-7-12-15-9-4-1-2-5-10(9)19-12/h1-2,4-5H,3,6-8H2,(H,14,16)(H,17,18). The van der Waals surface area contributed by atoms with Crippen molar-refractivity contribution in [2.75, 3.05) is 6.54 Å². The van der Waals surface area contributed by atoms with Crippen molar-refractivity contribution in [2.45, 2.75) is 19.3 Å². The van der Waals surface area contributed by atoms with E-state index < -0.39 is 5.97 Å². The molecule has 2 aromatic rings. The summed E-state index contributed by atoms with van der Waals surface area (Å²) < 4.78 is 1.15. The summed E-state index contributed by atoms with van der Waals surface area (Å²) in [6.07, 6.45) is 1.73. The van der Waals surface area contributed by atoms with Crippen molar-refractivity contribution in [2.24, 2.45) is 0 Å². The molecule has 2 rings (SSSR count). The molecule has 2 N–H and O–H groups in total. The smallest absolute Gasteiger partial charge is 0.322 e. The second kappa shape index (κ2) is 6.29. The zero-order valence-corrected chi connectivity index (χ0v) is 11.1. The number of benzene rings is 1. The van der Waals surface area contributed by atoms with Crippen LogP contribution in [0.3, 0.4) is 0 Å². The van der Waals surface area contributed by atoms with Crippen LogP contribution in [-0.2, 0) is 16.0 Å². The molecule has 0 saturated heterocycles. The van der Waals surface area contributed by atoms with E-state index in [4.69, 9.17) is 5.11 Å². The molecule has 0 atom stereocenters. The predicted octanol–water partition coefficient (Wildman–Crippen LogP) is 1.82. The van der Waals surface area contributed by atoms with Crippen molar-refractivity contribution in [3.05, 3.63) is 29.3 Å². The Labute approximate surface area is 114 Å². The molecule has 1 aromatic carbocycles. The molecular formula is C13H14N2O3S. The normalized spacial score (nSPS) is 10.5. The van der Waals surface area contributed by atoms with Crippen molar-refractivity contribution in [1.29, 1.82) is 0 Å². The Kier molecular flexibility index (Phi) is 4.46. The SMILES string of the molecule is O=C(O)CNC(=O)CCCc1nc2ccccc2s1. The lowest BCUT2D eigenvalue weighted by molar-refractivity contribution is -0.137. The van der Waals surface area contributed by atoms with Gasteiger partial charge in [0.2, 0.25) is 5.91 Å². The van der Waals surface area contributed by atoms with Crippen LogP contribution in [0.1, 0.15) is 17.8 Å². The molecule has 0 spiro atoms. The van der Waals surface area contributed by atoms with Gasteiger partial charge in [-0.15, -0.1) is 11.3 Å². The number of hydrogen-bond donors (Lipinski definition) is 2. The Morgan fingerprint density at radius 1 is 1.32 bits per heavy atom. The molecule has 1 heterocycles. The van der Waals surface area contributed by atoms with E-state index >= 15 is 0 Å². The number of aromatic nitrogens is 1. The van der Waals surface area contributed by atoms with Crippen LogP contribution >= 0.6 is 11.3 Å². The fraction of sp³-hybridized carbons (Fsp3) is 0.308. The van der Waals surface area contributed by atoms with Gasteiger partial charge in [-0.05, 0) is 25.0 Å². The monoisotopic (exact) mass is 278 g/mol. The van der Waals surface area contributed by atoms with E-state index in [0.717, 1.165) is 21.6 Å². The van der Waals surface area contributed by atoms with E-state index in [0.29, 0.717) is 12.8 Å². The van der Waals surface area contributed by atoms with Crippen molar-refractivity contribution in [3.8, 4) is 0 Å². The number of hydrogen-bond acceptors (Lipinski definition) is 4. The number of rotatable bonds is 6. The van der Waals surface area contributed by atoms with Gasteiger partial charge in [-0.1, -0.05) is 12.1 Å². The molecule has 6 heteroatoms. The molecule has 0 aliphatic rings. The predicted molar refractivity (Wildman–Crippen MR) is 73.2 cm³/mol. The van der Waals surface area contributed by atoms with E-state index in [-0.39, 0.29) is 12.5 Å². The zero-order valence-electron chi connectivity index (χ0n) is 10.3. The first-order chi connectivity index (χ1) is 9.15. The molecule has 0 radical (unpaired) electrons. The first-order valence-corrected chi connectivity index (χ1v) is 6.80. The highest BCUT2D eigenvalue weighted by molar-refractivity contribution is 7.18. The van der Waals surface area contributed by atoms with Gasteiger partial charge in [0, 0.05) is 6.42 Å². The van der Waals surface area contributed by atoms with E-state index in [2.05, 4.69) is 10.3 Å². The number of fused-ring (bicyclic) bond motifs is 1. The maximum Gasteiger partial charge on any atom is 0.322 e. The topological polar surface area (TPSA) is 79.3 Å². The molecule has 1 amide bonds. The third-order valence-corrected chi connectivity index (χ3v) is 3.67. The minimum Gasteiger partial charge on any atom is -0.480 e. The Hall–Kier alpha value is -1.95. The summed E-state index contributed by atoms with van der Waals surface area (Å²) in [5.41, 5.74) is 0.984. The van der Waals surface area contributed by atoms with Gasteiger partial charge in [-0.2, -0.15) is 0 Å². The van der Waals surface area contributed by atoms with Crippen LogP contribution in [0.15, 0.2) is 24.3 Å². The van der Waals surface area contributed by atoms with E-state index in [9.17, 15) is 9.59 Å². The van der Waals surface area contributed by atoms with E-state index in [1.807, 2.05) is 24.3 Å². The van der Waals surface area contributed by atoms with Crippen LogP contribution < -0.4 is 5.32 Å². The molecule has 0 bridgehead atoms. The number of nitrogens with zero attached hydrogens (tertiary/aromatic N) is 1. The molecule has 0 fully saturated rings. The zero-order chi connectivity index (χ0) is 13.7. The number of para-hydroxylation sites is 1. The Morgan fingerprint density at radius 2 is 2.11 bits per heavy atom. The van der Waals surface area contributed by atoms with Gasteiger partial charge in [0.1, 0.15) is 6.54 Å². The number of aliphatic carboxylic acids is 1. The van der Waals surface area contributed by atoms with Gasteiger partial charge in [0.25, 0.3) is 0 Å². The van der Waals surface area contributed by atoms with Crippen molar-refractivity contribution >= 4 is 33.4 Å². The number of carboxylic acid groups (broad SMARTS) is 1. The first-order valence-electron chi connectivity index (χ1n) is 5.98. The highest BCUT2D eigenvalue weighted by Gasteiger charge is 2.06. The Balaban J connectivity index is 1.79. The Morgan fingerprint density at radius 3 is 2.84 bits per heavy atom. The van der Waals surface area contributed by atoms with Gasteiger partial charge in [0.05, 0.1) is 15.2 Å². The molecule has 1 aromatic heterocycles. The minimum absolute atomic E-state index is 0.233. The highest BCUT2D eigenvalue weighted by atomic mass is 32.1. The number of carboxylic acids is 1. The lowest BCUT2D eigenvalue weighted by Crippen LogP contribution is -2.28. The lowest BCUT2D eigenvalue weighted by atomic mass is 10.2. The maximum atomic E-state index is 11.3. The van der Waals surface area contributed by atoms with E-state index in [1.54, 1.807) is 11.3 Å². The summed E-state index contributed by atoms with van der Waals surface area (Å²) in [7, 11) is 0. The summed E-state index contributed by atoms with van der Waals surface area (Å²) in [5, 5.41) is 11.8. The summed E-state index contributed by atoms with van der Waals surface area (Å²) in [5.74, 6) is -1.26. The number of aryl methyl sites for hydroxylation is 1. The van der Waals surface area contributed by atoms with Crippen LogP contribution in [0.4, 0.5) is 0 Å². The number of carbonyl (C=O) groups is 2. The van der Waals surface area contributed by atoms with Crippen molar-refractivity contribution in [1.82, 2.24) is 10.3 Å². The molecule has 5 nitrogen and oxygen atoms in total. The van der Waals surface area contributed by atoms with Crippen LogP contribution in [0.5, 0.6) is 0 Å². The van der Waals surface area contributed by atoms with Gasteiger partial charge >= 0.3 is 5.97 Å².